The van der Waals surface area contributed by atoms with Crippen molar-refractivity contribution >= 4 is 17.5 Å². The molecule has 1 aromatic rings. The summed E-state index contributed by atoms with van der Waals surface area (Å²) in [6, 6.07) is 0.0547. The minimum atomic E-state index is -0.740. The number of imidazole rings is 1. The van der Waals surface area contributed by atoms with Gasteiger partial charge in [-0.2, -0.15) is 0 Å². The van der Waals surface area contributed by atoms with Gasteiger partial charge in [-0.1, -0.05) is 4.98 Å². The van der Waals surface area contributed by atoms with Crippen LogP contribution in [0.3, 0.4) is 0 Å². The molecule has 3 atom stereocenters. The lowest BCUT2D eigenvalue weighted by atomic mass is 10.2. The summed E-state index contributed by atoms with van der Waals surface area (Å²) in [4.78, 5) is 13.7. The maximum absolute atomic E-state index is 10.6. The molecule has 1 rings (SSSR count). The second-order valence-electron chi connectivity index (χ2n) is 4.16. The quantitative estimate of drug-likeness (QED) is 0.436. The van der Waals surface area contributed by atoms with E-state index in [4.69, 9.17) is 11.6 Å². The van der Waals surface area contributed by atoms with E-state index in [0.29, 0.717) is 6.54 Å². The summed E-state index contributed by atoms with van der Waals surface area (Å²) in [7, 11) is 0. The van der Waals surface area contributed by atoms with Crippen LogP contribution >= 0.6 is 11.6 Å². The lowest BCUT2D eigenvalue weighted by Crippen LogP contribution is -2.39. The molecule has 8 heteroatoms. The van der Waals surface area contributed by atoms with Gasteiger partial charge in [0.25, 0.3) is 0 Å². The standard InChI is InChI=1S/C10H17ClN4O3/c1-7(11)8(2)13-5-9(16)6-14-4-3-12-10(14)15(17)18/h3-4,7-9,13,16H,5-6H2,1-2H3/t7-,8-,9?/m1/s1. The van der Waals surface area contributed by atoms with E-state index >= 15 is 0 Å². The van der Waals surface area contributed by atoms with Crippen LogP contribution in [0.2, 0.25) is 0 Å². The molecular weight excluding hydrogens is 260 g/mol. The first-order valence-electron chi connectivity index (χ1n) is 5.63. The fraction of sp³-hybridized carbons (Fsp3) is 0.700. The average molecular weight is 277 g/mol. The van der Waals surface area contributed by atoms with Crippen LogP contribution < -0.4 is 5.32 Å². The van der Waals surface area contributed by atoms with Gasteiger partial charge < -0.3 is 20.5 Å². The fourth-order valence-corrected chi connectivity index (χ4v) is 1.48. The minimum Gasteiger partial charge on any atom is -0.390 e. The van der Waals surface area contributed by atoms with Gasteiger partial charge in [-0.25, -0.2) is 4.57 Å². The normalized spacial score (nSPS) is 16.2. The smallest absolute Gasteiger partial charge is 0.390 e. The van der Waals surface area contributed by atoms with Crippen molar-refractivity contribution in [3.8, 4) is 0 Å². The highest BCUT2D eigenvalue weighted by atomic mass is 35.5. The molecule has 0 amide bonds. The first-order valence-corrected chi connectivity index (χ1v) is 6.06. The molecule has 0 spiro atoms. The predicted molar refractivity (Wildman–Crippen MR) is 67.7 cm³/mol. The summed E-state index contributed by atoms with van der Waals surface area (Å²) in [5.74, 6) is -0.271. The molecule has 0 aliphatic heterocycles. The summed E-state index contributed by atoms with van der Waals surface area (Å²) in [6.45, 7) is 4.19. The van der Waals surface area contributed by atoms with Gasteiger partial charge in [-0.15, -0.1) is 11.6 Å². The lowest BCUT2D eigenvalue weighted by Gasteiger charge is -2.18. The third-order valence-corrected chi connectivity index (χ3v) is 3.01. The Balaban J connectivity index is 2.47. The van der Waals surface area contributed by atoms with Crippen LogP contribution in [0.15, 0.2) is 12.4 Å². The number of aliphatic hydroxyl groups is 1. The average Bonchev–Trinajstić information content (AvgIpc) is 2.73. The summed E-state index contributed by atoms with van der Waals surface area (Å²) in [5, 5.41) is 23.4. The molecular formula is C10H17ClN4O3. The number of aromatic nitrogens is 2. The Bertz CT molecular complexity index is 396. The van der Waals surface area contributed by atoms with Crippen molar-refractivity contribution in [1.29, 1.82) is 0 Å². The Morgan fingerprint density at radius 1 is 1.67 bits per heavy atom. The Hall–Kier alpha value is -1.18. The van der Waals surface area contributed by atoms with Crippen molar-refractivity contribution in [2.45, 2.75) is 37.9 Å². The van der Waals surface area contributed by atoms with Crippen molar-refractivity contribution in [3.63, 3.8) is 0 Å². The van der Waals surface area contributed by atoms with Gasteiger partial charge in [0.15, 0.2) is 0 Å². The molecule has 0 aliphatic rings. The van der Waals surface area contributed by atoms with E-state index in [0.717, 1.165) is 0 Å². The SMILES string of the molecule is C[C@@H](Cl)[C@@H](C)NCC(O)Cn1ccnc1[N+](=O)[O-]. The lowest BCUT2D eigenvalue weighted by molar-refractivity contribution is -0.397. The number of alkyl halides is 1. The van der Waals surface area contributed by atoms with Crippen molar-refractivity contribution in [2.24, 2.45) is 0 Å². The monoisotopic (exact) mass is 276 g/mol. The van der Waals surface area contributed by atoms with Crippen LogP contribution in [-0.4, -0.2) is 43.6 Å². The van der Waals surface area contributed by atoms with Crippen LogP contribution in [0.25, 0.3) is 0 Å². The Morgan fingerprint density at radius 2 is 2.33 bits per heavy atom. The first kappa shape index (κ1) is 14.9. The first-order chi connectivity index (χ1) is 8.41. The largest absolute Gasteiger partial charge is 0.434 e. The van der Waals surface area contributed by atoms with E-state index in [1.165, 1.54) is 17.0 Å². The molecule has 1 aromatic heterocycles. The molecule has 2 N–H and O–H groups in total. The molecule has 0 aliphatic carbocycles. The zero-order valence-electron chi connectivity index (χ0n) is 10.3. The summed E-state index contributed by atoms with van der Waals surface area (Å²) in [5.41, 5.74) is 0. The number of hydrogen-bond acceptors (Lipinski definition) is 5. The molecule has 0 aromatic carbocycles. The molecule has 7 nitrogen and oxygen atoms in total. The fourth-order valence-electron chi connectivity index (χ4n) is 1.39. The third-order valence-electron chi connectivity index (χ3n) is 2.63. The van der Waals surface area contributed by atoms with E-state index in [9.17, 15) is 15.2 Å². The zero-order valence-corrected chi connectivity index (χ0v) is 11.0. The van der Waals surface area contributed by atoms with E-state index in [1.54, 1.807) is 0 Å². The molecule has 102 valence electrons. The van der Waals surface area contributed by atoms with E-state index in [2.05, 4.69) is 10.3 Å². The second kappa shape index (κ2) is 6.67. The molecule has 1 unspecified atom stereocenters. The van der Waals surface area contributed by atoms with Crippen LogP contribution in [0.1, 0.15) is 13.8 Å². The van der Waals surface area contributed by atoms with Crippen LogP contribution in [0.5, 0.6) is 0 Å². The maximum atomic E-state index is 10.6. The van der Waals surface area contributed by atoms with Gasteiger partial charge >= 0.3 is 5.95 Å². The van der Waals surface area contributed by atoms with Crippen molar-refractivity contribution in [3.05, 3.63) is 22.5 Å². The summed E-state index contributed by atoms with van der Waals surface area (Å²) < 4.78 is 1.31. The third kappa shape index (κ3) is 4.25. The Kier molecular flexibility index (Phi) is 5.52. The molecule has 0 fully saturated rings. The molecule has 18 heavy (non-hydrogen) atoms. The summed E-state index contributed by atoms with van der Waals surface area (Å²) >= 11 is 5.87. The van der Waals surface area contributed by atoms with Crippen molar-refractivity contribution in [1.82, 2.24) is 14.9 Å². The summed E-state index contributed by atoms with van der Waals surface area (Å²) in [6.07, 6.45) is 2.06. The van der Waals surface area contributed by atoms with Crippen LogP contribution in [-0.2, 0) is 6.54 Å². The predicted octanol–water partition coefficient (Wildman–Crippen LogP) is 0.758. The number of rotatable bonds is 7. The van der Waals surface area contributed by atoms with Crippen LogP contribution in [0.4, 0.5) is 5.95 Å². The van der Waals surface area contributed by atoms with Gasteiger partial charge in [0.1, 0.15) is 12.4 Å². The van der Waals surface area contributed by atoms with Gasteiger partial charge in [-0.05, 0) is 18.8 Å². The van der Waals surface area contributed by atoms with Crippen LogP contribution in [0, 0.1) is 10.1 Å². The number of nitrogens with one attached hydrogen (secondary N) is 1. The highest BCUT2D eigenvalue weighted by molar-refractivity contribution is 6.20. The Morgan fingerprint density at radius 3 is 2.89 bits per heavy atom. The van der Waals surface area contributed by atoms with Gasteiger partial charge in [0, 0.05) is 18.0 Å². The number of aliphatic hydroxyl groups excluding tert-OH is 1. The maximum Gasteiger partial charge on any atom is 0.434 e. The van der Waals surface area contributed by atoms with Gasteiger partial charge in [0.05, 0.1) is 12.6 Å². The van der Waals surface area contributed by atoms with Gasteiger partial charge in [-0.3, -0.25) is 0 Å². The van der Waals surface area contributed by atoms with Crippen molar-refractivity contribution < 1.29 is 10.0 Å². The number of hydrogen-bond donors (Lipinski definition) is 2. The van der Waals surface area contributed by atoms with E-state index < -0.39 is 11.0 Å². The minimum absolute atomic E-state index is 0.0547. The highest BCUT2D eigenvalue weighted by Gasteiger charge is 2.18. The zero-order chi connectivity index (χ0) is 13.7. The molecule has 0 saturated heterocycles. The van der Waals surface area contributed by atoms with E-state index in [1.807, 2.05) is 13.8 Å². The number of nitrogens with zero attached hydrogens (tertiary/aromatic N) is 3. The molecule has 1 heterocycles. The highest BCUT2D eigenvalue weighted by Crippen LogP contribution is 2.08. The topological polar surface area (TPSA) is 93.2 Å². The van der Waals surface area contributed by atoms with Crippen molar-refractivity contribution in [2.75, 3.05) is 6.54 Å². The molecule has 0 saturated carbocycles. The molecule has 0 bridgehead atoms. The van der Waals surface area contributed by atoms with Gasteiger partial charge in [0.2, 0.25) is 0 Å². The van der Waals surface area contributed by atoms with E-state index in [-0.39, 0.29) is 23.9 Å². The second-order valence-corrected chi connectivity index (χ2v) is 4.85. The molecule has 0 radical (unpaired) electrons. The number of nitro groups is 1. The number of halogens is 1. The Labute approximate surface area is 110 Å².